The van der Waals surface area contributed by atoms with E-state index in [1.54, 1.807) is 11.3 Å². The topological polar surface area (TPSA) is 48.8 Å². The predicted molar refractivity (Wildman–Crippen MR) is 268 cm³/mol. The number of thiophene rings is 1. The molecule has 5 heterocycles. The highest BCUT2D eigenvalue weighted by atomic mass is 32.1. The van der Waals surface area contributed by atoms with Gasteiger partial charge in [-0.2, -0.15) is 0 Å². The van der Waals surface area contributed by atoms with Crippen LogP contribution in [0.3, 0.4) is 0 Å². The van der Waals surface area contributed by atoms with Crippen LogP contribution < -0.4 is 0 Å². The Labute approximate surface area is 368 Å². The molecule has 10 aromatic carbocycles. The molecule has 296 valence electrons. The molecule has 0 aliphatic carbocycles. The normalized spacial score (nSPS) is 12.4. The zero-order valence-corrected chi connectivity index (χ0v) is 34.9. The third-order valence-electron chi connectivity index (χ3n) is 13.5. The van der Waals surface area contributed by atoms with E-state index in [9.17, 15) is 0 Å². The van der Waals surface area contributed by atoms with Crippen molar-refractivity contribution in [3.63, 3.8) is 0 Å². The maximum atomic E-state index is 6.73. The molecule has 6 heteroatoms. The summed E-state index contributed by atoms with van der Waals surface area (Å²) in [7, 11) is 0. The van der Waals surface area contributed by atoms with Crippen molar-refractivity contribution >= 4 is 119 Å². The zero-order chi connectivity index (χ0) is 41.6. The largest absolute Gasteiger partial charge is 0.456 e. The lowest BCUT2D eigenvalue weighted by molar-refractivity contribution is 0.664. The summed E-state index contributed by atoms with van der Waals surface area (Å²) in [5.41, 5.74) is 12.6. The summed E-state index contributed by atoms with van der Waals surface area (Å²) < 4.78 is 13.8. The molecule has 0 amide bonds. The fourth-order valence-corrected chi connectivity index (χ4v) is 11.9. The second kappa shape index (κ2) is 12.6. The van der Waals surface area contributed by atoms with Gasteiger partial charge in [0.25, 0.3) is 0 Å². The van der Waals surface area contributed by atoms with Crippen LogP contribution in [0.4, 0.5) is 0 Å². The molecule has 15 aromatic rings. The van der Waals surface area contributed by atoms with E-state index in [4.69, 9.17) is 14.4 Å². The second-order valence-corrected chi connectivity index (χ2v) is 17.9. The second-order valence-electron chi connectivity index (χ2n) is 16.8. The molecule has 5 nitrogen and oxygen atoms in total. The van der Waals surface area contributed by atoms with Crippen LogP contribution in [0.15, 0.2) is 199 Å². The molecule has 64 heavy (non-hydrogen) atoms. The van der Waals surface area contributed by atoms with Crippen LogP contribution in [-0.4, -0.2) is 19.1 Å². The number of fused-ring (bicyclic) bond motifs is 7. The monoisotopic (exact) mass is 832 g/mol. The van der Waals surface area contributed by atoms with E-state index in [0.717, 1.165) is 93.1 Å². The maximum absolute atomic E-state index is 6.73. The van der Waals surface area contributed by atoms with E-state index in [1.165, 1.54) is 42.5 Å². The van der Waals surface area contributed by atoms with Gasteiger partial charge < -0.3 is 13.6 Å². The standard InChI is InChI=1S/C58H32N4OS/c1-2-14-36(15-3-1)61-43-20-8-6-18-39(43)40-27-24-35(32-47(40)61)55-57-56(42-19-7-9-23-50(42)64-57)60-58(59-55)41-28-31-44(38-17-5-4-16-37(38)41)62-45-29-25-33-12-10-21-48-51(33)53(45)54-46(62)30-26-34-13-11-22-49(63-48)52(34)54/h1-32H. The Morgan fingerprint density at radius 1 is 0.422 bits per heavy atom. The quantitative estimate of drug-likeness (QED) is 0.177. The van der Waals surface area contributed by atoms with Crippen LogP contribution in [-0.2, 0) is 0 Å². The number of hydrogen-bond donors (Lipinski definition) is 0. The Balaban J connectivity index is 1.00. The number of hydrogen-bond acceptors (Lipinski definition) is 4. The molecule has 0 unspecified atom stereocenters. The summed E-state index contributed by atoms with van der Waals surface area (Å²) in [6.45, 7) is 0. The van der Waals surface area contributed by atoms with Crippen LogP contribution in [0.25, 0.3) is 141 Å². The van der Waals surface area contributed by atoms with Gasteiger partial charge >= 0.3 is 0 Å². The smallest absolute Gasteiger partial charge is 0.161 e. The van der Waals surface area contributed by atoms with Gasteiger partial charge in [-0.1, -0.05) is 127 Å². The van der Waals surface area contributed by atoms with Gasteiger partial charge in [0.2, 0.25) is 0 Å². The number of rotatable bonds is 4. The van der Waals surface area contributed by atoms with Crippen LogP contribution >= 0.6 is 11.3 Å². The first kappa shape index (κ1) is 34.3. The Kier molecular flexibility index (Phi) is 6.77. The minimum atomic E-state index is 0.706. The SMILES string of the molecule is c1ccc(-n2c3ccccc3c3ccc(-c4nc(-c5ccc(-n6c7ccc8cccc9oc%10cccc%11ccc6c(c%11%10)c7c89)c6ccccc56)nc5c4sc4ccccc45)cc32)cc1. The minimum Gasteiger partial charge on any atom is -0.456 e. The van der Waals surface area contributed by atoms with E-state index in [1.807, 2.05) is 0 Å². The summed E-state index contributed by atoms with van der Waals surface area (Å²) in [4.78, 5) is 11.1. The molecule has 0 spiro atoms. The van der Waals surface area contributed by atoms with E-state index in [0.29, 0.717) is 5.82 Å². The average Bonchev–Trinajstić information content (AvgIpc) is 3.98. The first-order chi connectivity index (χ1) is 31.7. The molecule has 0 N–H and O–H groups in total. The lowest BCUT2D eigenvalue weighted by Gasteiger charge is -2.15. The summed E-state index contributed by atoms with van der Waals surface area (Å²) in [6, 6.07) is 69.8. The van der Waals surface area contributed by atoms with Gasteiger partial charge in [0, 0.05) is 64.6 Å². The Morgan fingerprint density at radius 3 is 1.84 bits per heavy atom. The minimum absolute atomic E-state index is 0.706. The highest BCUT2D eigenvalue weighted by Crippen LogP contribution is 2.47. The number of para-hydroxylation sites is 2. The maximum Gasteiger partial charge on any atom is 0.161 e. The van der Waals surface area contributed by atoms with E-state index in [2.05, 4.69) is 203 Å². The van der Waals surface area contributed by atoms with Crippen molar-refractivity contribution in [2.24, 2.45) is 0 Å². The highest BCUT2D eigenvalue weighted by Gasteiger charge is 2.24. The average molecular weight is 833 g/mol. The first-order valence-electron chi connectivity index (χ1n) is 21.7. The summed E-state index contributed by atoms with van der Waals surface area (Å²) in [6.07, 6.45) is 0. The van der Waals surface area contributed by atoms with Gasteiger partial charge in [0.1, 0.15) is 11.2 Å². The lowest BCUT2D eigenvalue weighted by atomic mass is 10.00. The van der Waals surface area contributed by atoms with Crippen molar-refractivity contribution in [1.82, 2.24) is 19.1 Å². The summed E-state index contributed by atoms with van der Waals surface area (Å²) >= 11 is 1.77. The predicted octanol–water partition coefficient (Wildman–Crippen LogP) is 16.0. The molecule has 0 aliphatic heterocycles. The van der Waals surface area contributed by atoms with Gasteiger partial charge in [-0.05, 0) is 82.9 Å². The van der Waals surface area contributed by atoms with E-state index in [-0.39, 0.29) is 0 Å². The van der Waals surface area contributed by atoms with Crippen molar-refractivity contribution in [3.05, 3.63) is 194 Å². The van der Waals surface area contributed by atoms with Crippen molar-refractivity contribution in [2.45, 2.75) is 0 Å². The highest BCUT2D eigenvalue weighted by molar-refractivity contribution is 7.26. The molecule has 0 atom stereocenters. The Morgan fingerprint density at radius 2 is 1.08 bits per heavy atom. The first-order valence-corrected chi connectivity index (χ1v) is 22.5. The van der Waals surface area contributed by atoms with Gasteiger partial charge in [0.05, 0.1) is 43.7 Å². The van der Waals surface area contributed by atoms with Crippen molar-refractivity contribution in [3.8, 4) is 34.0 Å². The van der Waals surface area contributed by atoms with Crippen LogP contribution in [0.2, 0.25) is 0 Å². The third-order valence-corrected chi connectivity index (χ3v) is 14.7. The molecule has 5 aromatic heterocycles. The Hall–Kier alpha value is -8.32. The molecule has 0 aliphatic rings. The van der Waals surface area contributed by atoms with Crippen LogP contribution in [0.5, 0.6) is 0 Å². The third kappa shape index (κ3) is 4.56. The van der Waals surface area contributed by atoms with E-state index < -0.39 is 0 Å². The fraction of sp³-hybridized carbons (Fsp3) is 0. The van der Waals surface area contributed by atoms with E-state index >= 15 is 0 Å². The van der Waals surface area contributed by atoms with Crippen molar-refractivity contribution < 1.29 is 4.42 Å². The zero-order valence-electron chi connectivity index (χ0n) is 34.1. The van der Waals surface area contributed by atoms with Gasteiger partial charge in [-0.25, -0.2) is 9.97 Å². The van der Waals surface area contributed by atoms with Gasteiger partial charge in [-0.15, -0.1) is 11.3 Å². The Bertz CT molecular complexity index is 4330. The number of benzene rings is 10. The number of aromatic nitrogens is 4. The summed E-state index contributed by atoms with van der Waals surface area (Å²) in [5.74, 6) is 0.706. The molecule has 0 bridgehead atoms. The molecular weight excluding hydrogens is 801 g/mol. The van der Waals surface area contributed by atoms with Crippen molar-refractivity contribution in [2.75, 3.05) is 0 Å². The molecule has 0 saturated carbocycles. The van der Waals surface area contributed by atoms with Gasteiger partial charge in [-0.3, -0.25) is 0 Å². The van der Waals surface area contributed by atoms with Crippen molar-refractivity contribution in [1.29, 1.82) is 0 Å². The lowest BCUT2D eigenvalue weighted by Crippen LogP contribution is -1.99. The van der Waals surface area contributed by atoms with Crippen LogP contribution in [0.1, 0.15) is 0 Å². The number of nitrogens with zero attached hydrogens (tertiary/aromatic N) is 4. The molecule has 0 saturated heterocycles. The molecule has 15 rings (SSSR count). The van der Waals surface area contributed by atoms with Crippen LogP contribution in [0, 0.1) is 0 Å². The molecular formula is C58H32N4OS. The fourth-order valence-electron chi connectivity index (χ4n) is 10.8. The molecule has 0 radical (unpaired) electrons. The summed E-state index contributed by atoms with van der Waals surface area (Å²) in [5, 5.41) is 12.9. The molecule has 0 fully saturated rings. The van der Waals surface area contributed by atoms with Gasteiger partial charge in [0.15, 0.2) is 5.82 Å².